The van der Waals surface area contributed by atoms with Gasteiger partial charge in [0.15, 0.2) is 0 Å². The summed E-state index contributed by atoms with van der Waals surface area (Å²) in [5, 5.41) is 0.670. The third-order valence-electron chi connectivity index (χ3n) is 3.14. The Kier molecular flexibility index (Phi) is 4.63. The molecule has 0 amide bonds. The fraction of sp³-hybridized carbons (Fsp3) is 0.250. The van der Waals surface area contributed by atoms with Crippen molar-refractivity contribution in [1.82, 2.24) is 0 Å². The Morgan fingerprint density at radius 3 is 2.40 bits per heavy atom. The van der Waals surface area contributed by atoms with Crippen LogP contribution in [0.25, 0.3) is 0 Å². The van der Waals surface area contributed by atoms with Crippen LogP contribution >= 0.6 is 11.6 Å². The smallest absolute Gasteiger partial charge is 0.129 e. The zero-order valence-corrected chi connectivity index (χ0v) is 12.3. The number of nitrogens with two attached hydrogens (primary N) is 1. The molecule has 0 saturated carbocycles. The molecular formula is C16H17ClFNO. The van der Waals surface area contributed by atoms with Gasteiger partial charge in [-0.05, 0) is 54.8 Å². The Hall–Kier alpha value is -1.58. The molecular weight excluding hydrogens is 277 g/mol. The van der Waals surface area contributed by atoms with Crippen LogP contribution in [0, 0.1) is 19.7 Å². The molecule has 2 N–H and O–H groups in total. The molecule has 106 valence electrons. The Balaban J connectivity index is 2.21. The van der Waals surface area contributed by atoms with Crippen molar-refractivity contribution in [2.24, 2.45) is 5.73 Å². The number of hydrogen-bond donors (Lipinski definition) is 1. The molecule has 0 atom stereocenters. The number of benzene rings is 2. The third-order valence-corrected chi connectivity index (χ3v) is 3.36. The van der Waals surface area contributed by atoms with Crippen LogP contribution in [-0.2, 0) is 13.2 Å². The van der Waals surface area contributed by atoms with Gasteiger partial charge in [0.1, 0.15) is 18.2 Å². The largest absolute Gasteiger partial charge is 0.488 e. The van der Waals surface area contributed by atoms with Crippen molar-refractivity contribution in [3.8, 4) is 5.75 Å². The number of hydrogen-bond acceptors (Lipinski definition) is 2. The van der Waals surface area contributed by atoms with E-state index in [0.29, 0.717) is 17.1 Å². The van der Waals surface area contributed by atoms with E-state index in [-0.39, 0.29) is 12.4 Å². The number of aryl methyl sites for hydroxylation is 2. The molecule has 0 fully saturated rings. The molecule has 20 heavy (non-hydrogen) atoms. The molecule has 2 rings (SSSR count). The molecule has 4 heteroatoms. The second kappa shape index (κ2) is 6.25. The van der Waals surface area contributed by atoms with Crippen molar-refractivity contribution < 1.29 is 9.13 Å². The minimum atomic E-state index is -0.286. The molecule has 2 nitrogen and oxygen atoms in total. The maximum atomic E-state index is 13.7. The average molecular weight is 294 g/mol. The van der Waals surface area contributed by atoms with E-state index in [4.69, 9.17) is 22.1 Å². The summed E-state index contributed by atoms with van der Waals surface area (Å²) in [6.07, 6.45) is 0. The highest BCUT2D eigenvalue weighted by molar-refractivity contribution is 6.30. The lowest BCUT2D eigenvalue weighted by Gasteiger charge is -2.13. The second-order valence-electron chi connectivity index (χ2n) is 4.79. The topological polar surface area (TPSA) is 35.2 Å². The van der Waals surface area contributed by atoms with Gasteiger partial charge in [-0.2, -0.15) is 0 Å². The van der Waals surface area contributed by atoms with Crippen molar-refractivity contribution in [3.63, 3.8) is 0 Å². The van der Waals surface area contributed by atoms with E-state index in [1.54, 1.807) is 12.1 Å². The average Bonchev–Trinajstić information content (AvgIpc) is 2.39. The fourth-order valence-electron chi connectivity index (χ4n) is 2.14. The van der Waals surface area contributed by atoms with E-state index in [2.05, 4.69) is 0 Å². The lowest BCUT2D eigenvalue weighted by Crippen LogP contribution is -2.04. The monoisotopic (exact) mass is 293 g/mol. The first kappa shape index (κ1) is 14.8. The molecule has 2 aromatic carbocycles. The van der Waals surface area contributed by atoms with Crippen LogP contribution in [-0.4, -0.2) is 0 Å². The van der Waals surface area contributed by atoms with E-state index >= 15 is 0 Å². The first-order valence-corrected chi connectivity index (χ1v) is 6.76. The van der Waals surface area contributed by atoms with Crippen LogP contribution < -0.4 is 10.5 Å². The van der Waals surface area contributed by atoms with Crippen LogP contribution in [0.15, 0.2) is 30.3 Å². The van der Waals surface area contributed by atoms with Crippen LogP contribution in [0.4, 0.5) is 4.39 Å². The summed E-state index contributed by atoms with van der Waals surface area (Å²) in [4.78, 5) is 0. The van der Waals surface area contributed by atoms with E-state index in [1.165, 1.54) is 6.07 Å². The molecule has 0 aliphatic carbocycles. The summed E-state index contributed by atoms with van der Waals surface area (Å²) in [6, 6.07) is 8.49. The molecule has 0 radical (unpaired) electrons. The summed E-state index contributed by atoms with van der Waals surface area (Å²) in [6.45, 7) is 4.39. The summed E-state index contributed by atoms with van der Waals surface area (Å²) in [5.41, 5.74) is 8.82. The lowest BCUT2D eigenvalue weighted by molar-refractivity contribution is 0.295. The molecule has 0 heterocycles. The summed E-state index contributed by atoms with van der Waals surface area (Å²) in [7, 11) is 0. The fourth-order valence-corrected chi connectivity index (χ4v) is 2.47. The molecule has 0 unspecified atom stereocenters. The molecule has 0 saturated heterocycles. The standard InChI is InChI=1S/C16H17ClFNO/c1-10-5-14(17)6-11(2)16(10)20-9-13-7-12(8-19)3-4-15(13)18/h3-7H,8-9,19H2,1-2H3. The van der Waals surface area contributed by atoms with Gasteiger partial charge in [0.05, 0.1) is 0 Å². The van der Waals surface area contributed by atoms with Crippen molar-refractivity contribution in [3.05, 3.63) is 63.4 Å². The maximum absolute atomic E-state index is 13.7. The van der Waals surface area contributed by atoms with Gasteiger partial charge in [0.2, 0.25) is 0 Å². The van der Waals surface area contributed by atoms with Gasteiger partial charge >= 0.3 is 0 Å². The molecule has 2 aromatic rings. The number of ether oxygens (including phenoxy) is 1. The Bertz CT molecular complexity index is 605. The van der Waals surface area contributed by atoms with Gasteiger partial charge in [0, 0.05) is 17.1 Å². The summed E-state index contributed by atoms with van der Waals surface area (Å²) >= 11 is 5.97. The molecule has 0 spiro atoms. The van der Waals surface area contributed by atoms with Crippen molar-refractivity contribution in [2.45, 2.75) is 27.0 Å². The molecule has 0 bridgehead atoms. The first-order valence-electron chi connectivity index (χ1n) is 6.38. The Morgan fingerprint density at radius 2 is 1.80 bits per heavy atom. The minimum absolute atomic E-state index is 0.170. The zero-order chi connectivity index (χ0) is 14.7. The predicted octanol–water partition coefficient (Wildman–Crippen LogP) is 4.13. The van der Waals surface area contributed by atoms with Gasteiger partial charge in [0.25, 0.3) is 0 Å². The highest BCUT2D eigenvalue weighted by Gasteiger charge is 2.09. The van der Waals surface area contributed by atoms with Gasteiger partial charge in [-0.15, -0.1) is 0 Å². The SMILES string of the molecule is Cc1cc(Cl)cc(C)c1OCc1cc(CN)ccc1F. The van der Waals surface area contributed by atoms with Crippen molar-refractivity contribution >= 4 is 11.6 Å². The summed E-state index contributed by atoms with van der Waals surface area (Å²) in [5.74, 6) is 0.457. The first-order chi connectivity index (χ1) is 9.51. The molecule has 0 aliphatic rings. The van der Waals surface area contributed by atoms with Gasteiger partial charge in [-0.3, -0.25) is 0 Å². The van der Waals surface area contributed by atoms with Crippen molar-refractivity contribution in [1.29, 1.82) is 0 Å². The van der Waals surface area contributed by atoms with Gasteiger partial charge in [-0.1, -0.05) is 17.7 Å². The third kappa shape index (κ3) is 3.30. The van der Waals surface area contributed by atoms with Gasteiger partial charge < -0.3 is 10.5 Å². The van der Waals surface area contributed by atoms with E-state index in [9.17, 15) is 4.39 Å². The van der Waals surface area contributed by atoms with Crippen LogP contribution in [0.2, 0.25) is 5.02 Å². The van der Waals surface area contributed by atoms with Crippen LogP contribution in [0.3, 0.4) is 0 Å². The normalized spacial score (nSPS) is 10.7. The van der Waals surface area contributed by atoms with Crippen LogP contribution in [0.5, 0.6) is 5.75 Å². The highest BCUT2D eigenvalue weighted by Crippen LogP contribution is 2.28. The number of rotatable bonds is 4. The lowest BCUT2D eigenvalue weighted by atomic mass is 10.1. The van der Waals surface area contributed by atoms with E-state index in [0.717, 1.165) is 22.4 Å². The highest BCUT2D eigenvalue weighted by atomic mass is 35.5. The zero-order valence-electron chi connectivity index (χ0n) is 11.5. The number of halogens is 2. The molecule has 0 aliphatic heterocycles. The van der Waals surface area contributed by atoms with E-state index in [1.807, 2.05) is 26.0 Å². The quantitative estimate of drug-likeness (QED) is 0.920. The second-order valence-corrected chi connectivity index (χ2v) is 5.22. The predicted molar refractivity (Wildman–Crippen MR) is 79.5 cm³/mol. The van der Waals surface area contributed by atoms with Crippen LogP contribution in [0.1, 0.15) is 22.3 Å². The maximum Gasteiger partial charge on any atom is 0.129 e. The molecule has 0 aromatic heterocycles. The minimum Gasteiger partial charge on any atom is -0.488 e. The van der Waals surface area contributed by atoms with E-state index < -0.39 is 0 Å². The van der Waals surface area contributed by atoms with Gasteiger partial charge in [-0.25, -0.2) is 4.39 Å². The summed E-state index contributed by atoms with van der Waals surface area (Å²) < 4.78 is 19.5. The Morgan fingerprint density at radius 1 is 1.15 bits per heavy atom. The van der Waals surface area contributed by atoms with Crippen molar-refractivity contribution in [2.75, 3.05) is 0 Å². The Labute approximate surface area is 123 Å².